The first kappa shape index (κ1) is 25.7. The highest BCUT2D eigenvalue weighted by atomic mass is 16.2. The molecule has 0 aliphatic carbocycles. The molecule has 2 aromatic heterocycles. The van der Waals surface area contributed by atoms with Gasteiger partial charge in [-0.3, -0.25) is 14.6 Å². The number of aliphatic imine (C=N–C) groups is 1. The highest BCUT2D eigenvalue weighted by Crippen LogP contribution is 2.20. The van der Waals surface area contributed by atoms with Crippen LogP contribution >= 0.6 is 0 Å². The maximum Gasteiger partial charge on any atom is 0.274 e. The molecule has 8 nitrogen and oxygen atoms in total. The number of allylic oxidation sites excluding steroid dienone is 1. The number of aryl methyl sites for hydroxylation is 3. The van der Waals surface area contributed by atoms with Gasteiger partial charge < -0.3 is 14.8 Å². The summed E-state index contributed by atoms with van der Waals surface area (Å²) in [5.41, 5.74) is 4.36. The van der Waals surface area contributed by atoms with Crippen LogP contribution in [0.15, 0.2) is 65.4 Å². The van der Waals surface area contributed by atoms with Crippen molar-refractivity contribution in [2.45, 2.75) is 39.7 Å². The second kappa shape index (κ2) is 11.5. The molecule has 8 heteroatoms. The van der Waals surface area contributed by atoms with Crippen LogP contribution in [0.4, 0.5) is 0 Å². The SMILES string of the molecule is C=N/C(C(=O)N(C)[C@H](CCNC(=O)c1cccn1C)Cc1ccccc1)=C(/C)n1nc(C)cc1C. The Bertz CT molecular complexity index is 1220. The maximum atomic E-state index is 13.6. The van der Waals surface area contributed by atoms with Gasteiger partial charge in [-0.05, 0) is 64.1 Å². The molecule has 0 saturated heterocycles. The lowest BCUT2D eigenvalue weighted by Gasteiger charge is -2.29. The summed E-state index contributed by atoms with van der Waals surface area (Å²) >= 11 is 0. The lowest BCUT2D eigenvalue weighted by atomic mass is 10.0. The van der Waals surface area contributed by atoms with Gasteiger partial charge in [-0.2, -0.15) is 5.10 Å². The quantitative estimate of drug-likeness (QED) is 0.360. The fourth-order valence-electron chi connectivity index (χ4n) is 4.20. The normalized spacial score (nSPS) is 12.6. The average Bonchev–Trinajstić information content (AvgIpc) is 3.42. The number of carbonyl (C=O) groups excluding carboxylic acids is 2. The average molecular weight is 475 g/mol. The zero-order valence-corrected chi connectivity index (χ0v) is 21.2. The summed E-state index contributed by atoms with van der Waals surface area (Å²) in [5.74, 6) is -0.376. The van der Waals surface area contributed by atoms with Crippen molar-refractivity contribution < 1.29 is 9.59 Å². The molecule has 0 unspecified atom stereocenters. The zero-order chi connectivity index (χ0) is 25.5. The number of carbonyl (C=O) groups is 2. The second-order valence-corrected chi connectivity index (χ2v) is 8.74. The topological polar surface area (TPSA) is 84.5 Å². The molecule has 1 aromatic carbocycles. The predicted molar refractivity (Wildman–Crippen MR) is 139 cm³/mol. The Kier molecular flexibility index (Phi) is 8.41. The van der Waals surface area contributed by atoms with E-state index in [2.05, 4.69) is 22.1 Å². The fourth-order valence-corrected chi connectivity index (χ4v) is 4.20. The Morgan fingerprint density at radius 3 is 2.46 bits per heavy atom. The van der Waals surface area contributed by atoms with Crippen molar-refractivity contribution in [1.29, 1.82) is 0 Å². The van der Waals surface area contributed by atoms with Crippen LogP contribution < -0.4 is 5.32 Å². The van der Waals surface area contributed by atoms with Crippen LogP contribution in [0, 0.1) is 13.8 Å². The summed E-state index contributed by atoms with van der Waals surface area (Å²) in [7, 11) is 3.61. The van der Waals surface area contributed by atoms with Gasteiger partial charge in [-0.1, -0.05) is 30.3 Å². The summed E-state index contributed by atoms with van der Waals surface area (Å²) < 4.78 is 3.50. The first-order chi connectivity index (χ1) is 16.7. The molecule has 0 fully saturated rings. The third-order valence-electron chi connectivity index (χ3n) is 6.15. The minimum atomic E-state index is -0.236. The number of hydrogen-bond acceptors (Lipinski definition) is 4. The Morgan fingerprint density at radius 1 is 1.17 bits per heavy atom. The van der Waals surface area contributed by atoms with E-state index in [4.69, 9.17) is 0 Å². The van der Waals surface area contributed by atoms with E-state index in [9.17, 15) is 9.59 Å². The molecule has 1 atom stereocenters. The van der Waals surface area contributed by atoms with Gasteiger partial charge in [0.1, 0.15) is 11.4 Å². The molecule has 35 heavy (non-hydrogen) atoms. The third-order valence-corrected chi connectivity index (χ3v) is 6.15. The van der Waals surface area contributed by atoms with Crippen LogP contribution in [-0.4, -0.2) is 57.4 Å². The Labute approximate surface area is 207 Å². The van der Waals surface area contributed by atoms with Crippen LogP contribution in [0.25, 0.3) is 5.70 Å². The van der Waals surface area contributed by atoms with E-state index < -0.39 is 0 Å². The van der Waals surface area contributed by atoms with E-state index in [0.29, 0.717) is 30.8 Å². The van der Waals surface area contributed by atoms with Crippen molar-refractivity contribution >= 4 is 24.2 Å². The monoisotopic (exact) mass is 474 g/mol. The molecule has 1 N–H and O–H groups in total. The number of aromatic nitrogens is 3. The number of nitrogens with one attached hydrogen (secondary N) is 1. The summed E-state index contributed by atoms with van der Waals surface area (Å²) in [6.45, 7) is 9.75. The van der Waals surface area contributed by atoms with Crippen molar-refractivity contribution in [1.82, 2.24) is 24.6 Å². The molecule has 0 aliphatic rings. The van der Waals surface area contributed by atoms with E-state index >= 15 is 0 Å². The molecule has 0 bridgehead atoms. The third kappa shape index (κ3) is 6.15. The molecule has 184 valence electrons. The number of rotatable bonds is 10. The van der Waals surface area contributed by atoms with Crippen LogP contribution in [0.2, 0.25) is 0 Å². The lowest BCUT2D eigenvalue weighted by molar-refractivity contribution is -0.128. The van der Waals surface area contributed by atoms with Crippen molar-refractivity contribution in [3.8, 4) is 0 Å². The Hall–Kier alpha value is -3.94. The van der Waals surface area contributed by atoms with Gasteiger partial charge >= 0.3 is 0 Å². The van der Waals surface area contributed by atoms with E-state index in [1.54, 1.807) is 27.3 Å². The number of nitrogens with zero attached hydrogens (tertiary/aromatic N) is 5. The Balaban J connectivity index is 1.81. The van der Waals surface area contributed by atoms with E-state index in [0.717, 1.165) is 17.0 Å². The smallest absolute Gasteiger partial charge is 0.274 e. The molecule has 0 saturated carbocycles. The van der Waals surface area contributed by atoms with Crippen LogP contribution in [0.5, 0.6) is 0 Å². The lowest BCUT2D eigenvalue weighted by Crippen LogP contribution is -2.41. The van der Waals surface area contributed by atoms with Crippen molar-refractivity contribution in [3.05, 3.63) is 83.1 Å². The van der Waals surface area contributed by atoms with Gasteiger partial charge in [0.15, 0.2) is 0 Å². The maximum absolute atomic E-state index is 13.6. The molecule has 2 heterocycles. The molecular formula is C27H34N6O2. The summed E-state index contributed by atoms with van der Waals surface area (Å²) in [6.07, 6.45) is 3.06. The fraction of sp³-hybridized carbons (Fsp3) is 0.333. The van der Waals surface area contributed by atoms with Crippen molar-refractivity contribution in [2.75, 3.05) is 13.6 Å². The molecule has 3 aromatic rings. The van der Waals surface area contributed by atoms with Gasteiger partial charge in [0.2, 0.25) is 0 Å². The molecular weight excluding hydrogens is 440 g/mol. The summed E-state index contributed by atoms with van der Waals surface area (Å²) in [6, 6.07) is 15.4. The highest BCUT2D eigenvalue weighted by Gasteiger charge is 2.25. The number of benzene rings is 1. The molecule has 0 aliphatic heterocycles. The first-order valence-corrected chi connectivity index (χ1v) is 11.6. The summed E-state index contributed by atoms with van der Waals surface area (Å²) in [4.78, 5) is 31.9. The van der Waals surface area contributed by atoms with Crippen LogP contribution in [-0.2, 0) is 18.3 Å². The summed E-state index contributed by atoms with van der Waals surface area (Å²) in [5, 5.41) is 7.46. The number of likely N-dealkylation sites (N-methyl/N-ethyl adjacent to an activating group) is 1. The van der Waals surface area contributed by atoms with Gasteiger partial charge in [0.05, 0.1) is 11.4 Å². The molecule has 3 rings (SSSR count). The highest BCUT2D eigenvalue weighted by molar-refractivity contribution is 5.98. The van der Waals surface area contributed by atoms with Gasteiger partial charge in [0.25, 0.3) is 11.8 Å². The van der Waals surface area contributed by atoms with Crippen LogP contribution in [0.3, 0.4) is 0 Å². The molecule has 0 spiro atoms. The minimum absolute atomic E-state index is 0.140. The zero-order valence-electron chi connectivity index (χ0n) is 21.2. The largest absolute Gasteiger partial charge is 0.351 e. The molecule has 0 radical (unpaired) electrons. The van der Waals surface area contributed by atoms with Crippen molar-refractivity contribution in [2.24, 2.45) is 12.0 Å². The van der Waals surface area contributed by atoms with Crippen LogP contribution in [0.1, 0.15) is 40.8 Å². The standard InChI is InChI=1S/C27H34N6O2/c1-19-17-20(2)33(30-19)21(3)25(28-4)27(35)32(6)23(18-22-11-8-7-9-12-22)14-15-29-26(34)24-13-10-16-31(24)5/h7-13,16-17,23H,4,14-15,18H2,1-3,5-6H3,(H,29,34)/b25-21-/t23-/m1/s1. The van der Waals surface area contributed by atoms with E-state index in [1.165, 1.54) is 0 Å². The van der Waals surface area contributed by atoms with Crippen molar-refractivity contribution in [3.63, 3.8) is 0 Å². The minimum Gasteiger partial charge on any atom is -0.351 e. The number of amides is 2. The van der Waals surface area contributed by atoms with E-state index in [1.807, 2.05) is 76.5 Å². The second-order valence-electron chi connectivity index (χ2n) is 8.74. The van der Waals surface area contributed by atoms with Gasteiger partial charge in [0, 0.05) is 38.6 Å². The first-order valence-electron chi connectivity index (χ1n) is 11.6. The molecule has 2 amide bonds. The number of hydrogen-bond donors (Lipinski definition) is 1. The Morgan fingerprint density at radius 2 is 1.89 bits per heavy atom. The van der Waals surface area contributed by atoms with Gasteiger partial charge in [-0.15, -0.1) is 0 Å². The van der Waals surface area contributed by atoms with Gasteiger partial charge in [-0.25, -0.2) is 4.68 Å². The predicted octanol–water partition coefficient (Wildman–Crippen LogP) is 3.62. The van der Waals surface area contributed by atoms with E-state index in [-0.39, 0.29) is 23.6 Å².